The molecule has 1 N–H and O–H groups in total. The van der Waals surface area contributed by atoms with Crippen LogP contribution in [0.25, 0.3) is 16.8 Å². The van der Waals surface area contributed by atoms with E-state index in [1.165, 1.54) is 6.08 Å². The van der Waals surface area contributed by atoms with Gasteiger partial charge in [0.25, 0.3) is 11.8 Å². The first-order valence-electron chi connectivity index (χ1n) is 10.2. The number of halogens is 1. The summed E-state index contributed by atoms with van der Waals surface area (Å²) < 4.78 is 6.72. The van der Waals surface area contributed by atoms with Crippen molar-refractivity contribution in [2.45, 2.75) is 20.3 Å². The number of imide groups is 2. The van der Waals surface area contributed by atoms with Crippen LogP contribution in [0.5, 0.6) is 5.75 Å². The van der Waals surface area contributed by atoms with E-state index in [1.54, 1.807) is 25.1 Å². The Bertz CT molecular complexity index is 1280. The Morgan fingerprint density at radius 1 is 1.06 bits per heavy atom. The molecule has 1 heterocycles. The molecular weight excluding hydrogens is 472 g/mol. The second-order valence-corrected chi connectivity index (χ2v) is 8.35. The number of hydrogen-bond acceptors (Lipinski definition) is 4. The number of rotatable bonds is 5. The number of carbonyl (C=O) groups excluding carboxylic acids is 3. The molecule has 4 amide bonds. The monoisotopic (exact) mass is 492 g/mol. The lowest BCUT2D eigenvalue weighted by Crippen LogP contribution is -2.54. The van der Waals surface area contributed by atoms with Gasteiger partial charge in [-0.1, -0.05) is 53.2 Å². The van der Waals surface area contributed by atoms with Crippen molar-refractivity contribution >= 4 is 56.3 Å². The zero-order valence-electron chi connectivity index (χ0n) is 17.6. The average Bonchev–Trinajstić information content (AvgIpc) is 2.76. The van der Waals surface area contributed by atoms with E-state index in [0.29, 0.717) is 29.2 Å². The van der Waals surface area contributed by atoms with Gasteiger partial charge >= 0.3 is 6.03 Å². The fourth-order valence-electron chi connectivity index (χ4n) is 3.65. The largest absolute Gasteiger partial charge is 0.493 e. The molecule has 0 radical (unpaired) electrons. The fraction of sp³-hybridized carbons (Fsp3) is 0.160. The SMILES string of the molecule is CCCOc1ccc2ccccc2c1/C=C1/C(=O)NC(=O)N(c2ccc(Br)cc2C)C1=O. The maximum atomic E-state index is 13.4. The summed E-state index contributed by atoms with van der Waals surface area (Å²) in [5, 5.41) is 4.08. The minimum Gasteiger partial charge on any atom is -0.493 e. The molecule has 3 aromatic carbocycles. The molecule has 0 aromatic heterocycles. The number of hydrogen-bond donors (Lipinski definition) is 1. The Morgan fingerprint density at radius 2 is 1.84 bits per heavy atom. The third-order valence-corrected chi connectivity index (χ3v) is 5.68. The molecule has 4 rings (SSSR count). The molecule has 7 heteroatoms. The Hall–Kier alpha value is -3.45. The number of barbiturate groups is 1. The third-order valence-electron chi connectivity index (χ3n) is 5.18. The van der Waals surface area contributed by atoms with E-state index in [2.05, 4.69) is 21.2 Å². The van der Waals surface area contributed by atoms with Crippen molar-refractivity contribution < 1.29 is 19.1 Å². The van der Waals surface area contributed by atoms with Crippen molar-refractivity contribution in [2.75, 3.05) is 11.5 Å². The second-order valence-electron chi connectivity index (χ2n) is 7.44. The first-order valence-corrected chi connectivity index (χ1v) is 11.0. The minimum absolute atomic E-state index is 0.135. The lowest BCUT2D eigenvalue weighted by Gasteiger charge is -2.27. The Morgan fingerprint density at radius 3 is 2.59 bits per heavy atom. The van der Waals surface area contributed by atoms with Gasteiger partial charge in [0.2, 0.25) is 0 Å². The summed E-state index contributed by atoms with van der Waals surface area (Å²) >= 11 is 3.38. The highest BCUT2D eigenvalue weighted by atomic mass is 79.9. The van der Waals surface area contributed by atoms with Crippen LogP contribution in [0.2, 0.25) is 0 Å². The molecular formula is C25H21BrN2O4. The van der Waals surface area contributed by atoms with Crippen LogP contribution in [-0.2, 0) is 9.59 Å². The summed E-state index contributed by atoms with van der Waals surface area (Å²) in [6.45, 7) is 4.29. The highest BCUT2D eigenvalue weighted by Crippen LogP contribution is 2.32. The quantitative estimate of drug-likeness (QED) is 0.383. The van der Waals surface area contributed by atoms with Gasteiger partial charge in [0.1, 0.15) is 11.3 Å². The van der Waals surface area contributed by atoms with E-state index in [-0.39, 0.29) is 5.57 Å². The van der Waals surface area contributed by atoms with E-state index in [4.69, 9.17) is 4.74 Å². The Kier molecular flexibility index (Phi) is 6.10. The molecule has 1 aliphatic heterocycles. The molecule has 0 spiro atoms. The molecule has 162 valence electrons. The number of anilines is 1. The minimum atomic E-state index is -0.775. The number of fused-ring (bicyclic) bond motifs is 1. The first kappa shape index (κ1) is 21.8. The van der Waals surface area contributed by atoms with Crippen molar-refractivity contribution in [3.05, 3.63) is 75.8 Å². The van der Waals surface area contributed by atoms with Gasteiger partial charge in [-0.2, -0.15) is 0 Å². The number of benzene rings is 3. The summed E-state index contributed by atoms with van der Waals surface area (Å²) in [5.41, 5.74) is 1.62. The molecule has 0 saturated carbocycles. The standard InChI is InChI=1S/C25H21BrN2O4/c1-3-12-32-22-11-8-16-6-4-5-7-18(16)19(22)14-20-23(29)27-25(31)28(24(20)30)21-10-9-17(26)13-15(21)2/h4-11,13-14H,3,12H2,1-2H3,(H,27,29,31)/b20-14-. The number of amides is 4. The third kappa shape index (κ3) is 4.03. The van der Waals surface area contributed by atoms with Crippen molar-refractivity contribution in [1.29, 1.82) is 0 Å². The van der Waals surface area contributed by atoms with Crippen molar-refractivity contribution in [1.82, 2.24) is 5.32 Å². The number of urea groups is 1. The van der Waals surface area contributed by atoms with Crippen LogP contribution < -0.4 is 15.0 Å². The number of carbonyl (C=O) groups is 3. The lowest BCUT2D eigenvalue weighted by molar-refractivity contribution is -0.122. The van der Waals surface area contributed by atoms with Crippen LogP contribution in [0.15, 0.2) is 64.6 Å². The van der Waals surface area contributed by atoms with Gasteiger partial charge in [-0.3, -0.25) is 14.9 Å². The van der Waals surface area contributed by atoms with E-state index >= 15 is 0 Å². The first-order chi connectivity index (χ1) is 15.4. The van der Waals surface area contributed by atoms with Gasteiger partial charge in [0.05, 0.1) is 12.3 Å². The zero-order chi connectivity index (χ0) is 22.8. The summed E-state index contributed by atoms with van der Waals surface area (Å²) in [6.07, 6.45) is 2.33. The summed E-state index contributed by atoms with van der Waals surface area (Å²) in [5.74, 6) is -0.846. The van der Waals surface area contributed by atoms with Gasteiger partial charge in [-0.25, -0.2) is 9.69 Å². The highest BCUT2D eigenvalue weighted by Gasteiger charge is 2.37. The van der Waals surface area contributed by atoms with Crippen LogP contribution >= 0.6 is 15.9 Å². The molecule has 1 aliphatic rings. The normalized spacial score (nSPS) is 15.4. The molecule has 0 aliphatic carbocycles. The lowest BCUT2D eigenvalue weighted by atomic mass is 9.99. The van der Waals surface area contributed by atoms with Gasteiger partial charge in [-0.05, 0) is 60.0 Å². The predicted molar refractivity (Wildman–Crippen MR) is 128 cm³/mol. The molecule has 0 unspecified atom stereocenters. The van der Waals surface area contributed by atoms with Crippen LogP contribution in [0, 0.1) is 6.92 Å². The van der Waals surface area contributed by atoms with Crippen LogP contribution in [0.1, 0.15) is 24.5 Å². The van der Waals surface area contributed by atoms with Gasteiger partial charge < -0.3 is 4.74 Å². The molecule has 1 saturated heterocycles. The number of nitrogens with zero attached hydrogens (tertiary/aromatic N) is 1. The molecule has 0 atom stereocenters. The van der Waals surface area contributed by atoms with E-state index in [9.17, 15) is 14.4 Å². The zero-order valence-corrected chi connectivity index (χ0v) is 19.2. The second kappa shape index (κ2) is 8.96. The average molecular weight is 493 g/mol. The summed E-state index contributed by atoms with van der Waals surface area (Å²) in [6, 6.07) is 15.9. The number of nitrogens with one attached hydrogen (secondary N) is 1. The molecule has 1 fully saturated rings. The van der Waals surface area contributed by atoms with Crippen molar-refractivity contribution in [3.8, 4) is 5.75 Å². The topological polar surface area (TPSA) is 75.7 Å². The summed E-state index contributed by atoms with van der Waals surface area (Å²) in [4.78, 5) is 39.6. The molecule has 6 nitrogen and oxygen atoms in total. The Balaban J connectivity index is 1.86. The predicted octanol–water partition coefficient (Wildman–Crippen LogP) is 5.37. The van der Waals surface area contributed by atoms with E-state index in [1.807, 2.05) is 43.3 Å². The molecule has 32 heavy (non-hydrogen) atoms. The maximum absolute atomic E-state index is 13.4. The number of ether oxygens (including phenoxy) is 1. The summed E-state index contributed by atoms with van der Waals surface area (Å²) in [7, 11) is 0. The van der Waals surface area contributed by atoms with Gasteiger partial charge in [-0.15, -0.1) is 0 Å². The van der Waals surface area contributed by atoms with E-state index in [0.717, 1.165) is 26.6 Å². The Labute approximate surface area is 194 Å². The van der Waals surface area contributed by atoms with Crippen LogP contribution in [0.4, 0.5) is 10.5 Å². The van der Waals surface area contributed by atoms with Crippen LogP contribution in [-0.4, -0.2) is 24.5 Å². The van der Waals surface area contributed by atoms with Gasteiger partial charge in [0, 0.05) is 10.0 Å². The van der Waals surface area contributed by atoms with E-state index < -0.39 is 17.8 Å². The molecule has 3 aromatic rings. The maximum Gasteiger partial charge on any atom is 0.335 e. The fourth-order valence-corrected chi connectivity index (χ4v) is 4.13. The number of aryl methyl sites for hydroxylation is 1. The van der Waals surface area contributed by atoms with Crippen molar-refractivity contribution in [2.24, 2.45) is 0 Å². The van der Waals surface area contributed by atoms with Crippen molar-refractivity contribution in [3.63, 3.8) is 0 Å². The molecule has 0 bridgehead atoms. The highest BCUT2D eigenvalue weighted by molar-refractivity contribution is 9.10. The smallest absolute Gasteiger partial charge is 0.335 e. The van der Waals surface area contributed by atoms with Gasteiger partial charge in [0.15, 0.2) is 0 Å². The van der Waals surface area contributed by atoms with Crippen LogP contribution in [0.3, 0.4) is 0 Å².